The number of rotatable bonds is 10. The second kappa shape index (κ2) is 10.9. The number of hydrogen-bond donors (Lipinski definition) is 1. The molecule has 3 aromatic carbocycles. The Balaban J connectivity index is 1.41. The third-order valence-corrected chi connectivity index (χ3v) is 4.54. The summed E-state index contributed by atoms with van der Waals surface area (Å²) in [6, 6.07) is 23.3. The van der Waals surface area contributed by atoms with E-state index in [1.807, 2.05) is 61.5 Å². The molecule has 0 aliphatic heterocycles. The second-order valence-electron chi connectivity index (χ2n) is 6.95. The lowest BCUT2D eigenvalue weighted by atomic mass is 10.1. The van der Waals surface area contributed by atoms with Gasteiger partial charge >= 0.3 is 0 Å². The molecule has 0 fully saturated rings. The molecule has 0 spiro atoms. The summed E-state index contributed by atoms with van der Waals surface area (Å²) in [5, 5.41) is 2.82. The minimum atomic E-state index is -0.242. The normalized spacial score (nSPS) is 10.3. The van der Waals surface area contributed by atoms with E-state index in [1.54, 1.807) is 13.2 Å². The van der Waals surface area contributed by atoms with Gasteiger partial charge in [0.2, 0.25) is 0 Å². The highest BCUT2D eigenvalue weighted by molar-refractivity contribution is 5.91. The van der Waals surface area contributed by atoms with Gasteiger partial charge in [-0.3, -0.25) is 4.79 Å². The molecule has 0 saturated heterocycles. The van der Waals surface area contributed by atoms with E-state index in [0.717, 1.165) is 24.2 Å². The summed E-state index contributed by atoms with van der Waals surface area (Å²) in [7, 11) is 1.58. The Morgan fingerprint density at radius 3 is 2.40 bits per heavy atom. The summed E-state index contributed by atoms with van der Waals surface area (Å²) in [5.74, 6) is 1.69. The standard InChI is InChI=1S/C25H27NO4/c1-19-10-15-23(24(17-19)28-2)30-18-25(27)26-21-11-13-22(14-12-21)29-16-6-9-20-7-4-3-5-8-20/h3-5,7-8,10-15,17H,6,9,16,18H2,1-2H3,(H,26,27). The van der Waals surface area contributed by atoms with Gasteiger partial charge in [-0.05, 0) is 67.3 Å². The average Bonchev–Trinajstić information content (AvgIpc) is 2.77. The predicted molar refractivity (Wildman–Crippen MR) is 119 cm³/mol. The zero-order chi connectivity index (χ0) is 21.2. The van der Waals surface area contributed by atoms with E-state index in [-0.39, 0.29) is 12.5 Å². The van der Waals surface area contributed by atoms with Gasteiger partial charge in [0, 0.05) is 5.69 Å². The minimum absolute atomic E-state index is 0.100. The van der Waals surface area contributed by atoms with Crippen molar-refractivity contribution in [1.82, 2.24) is 0 Å². The van der Waals surface area contributed by atoms with Crippen molar-refractivity contribution in [2.75, 3.05) is 25.6 Å². The first-order valence-electron chi connectivity index (χ1n) is 9.98. The first kappa shape index (κ1) is 21.2. The molecule has 0 aliphatic rings. The Bertz CT molecular complexity index is 939. The van der Waals surface area contributed by atoms with Gasteiger partial charge in [-0.15, -0.1) is 0 Å². The molecule has 0 radical (unpaired) electrons. The molecule has 1 N–H and O–H groups in total. The molecule has 1 amide bonds. The first-order chi connectivity index (χ1) is 14.6. The maximum absolute atomic E-state index is 12.2. The molecule has 0 atom stereocenters. The van der Waals surface area contributed by atoms with Crippen molar-refractivity contribution in [2.45, 2.75) is 19.8 Å². The number of methoxy groups -OCH3 is 1. The van der Waals surface area contributed by atoms with Crippen molar-refractivity contribution in [3.63, 3.8) is 0 Å². The number of hydrogen-bond acceptors (Lipinski definition) is 4. The zero-order valence-electron chi connectivity index (χ0n) is 17.4. The third-order valence-electron chi connectivity index (χ3n) is 4.54. The van der Waals surface area contributed by atoms with Crippen molar-refractivity contribution in [1.29, 1.82) is 0 Å². The highest BCUT2D eigenvalue weighted by Gasteiger charge is 2.08. The SMILES string of the molecule is COc1cc(C)ccc1OCC(=O)Nc1ccc(OCCCc2ccccc2)cc1. The lowest BCUT2D eigenvalue weighted by molar-refractivity contribution is -0.118. The molecule has 0 aromatic heterocycles. The molecule has 3 rings (SSSR count). The van der Waals surface area contributed by atoms with Gasteiger partial charge in [0.25, 0.3) is 5.91 Å². The number of aryl methyl sites for hydroxylation is 2. The van der Waals surface area contributed by atoms with Crippen molar-refractivity contribution in [3.8, 4) is 17.2 Å². The van der Waals surface area contributed by atoms with Crippen LogP contribution >= 0.6 is 0 Å². The number of nitrogens with one attached hydrogen (secondary N) is 1. The van der Waals surface area contributed by atoms with E-state index < -0.39 is 0 Å². The Morgan fingerprint density at radius 1 is 0.900 bits per heavy atom. The summed E-state index contributed by atoms with van der Waals surface area (Å²) in [6.07, 6.45) is 1.93. The van der Waals surface area contributed by atoms with E-state index in [4.69, 9.17) is 14.2 Å². The Hall–Kier alpha value is -3.47. The fourth-order valence-corrected chi connectivity index (χ4v) is 2.98. The van der Waals surface area contributed by atoms with E-state index in [2.05, 4.69) is 17.4 Å². The maximum Gasteiger partial charge on any atom is 0.262 e. The van der Waals surface area contributed by atoms with Crippen LogP contribution in [0, 0.1) is 6.92 Å². The summed E-state index contributed by atoms with van der Waals surface area (Å²) >= 11 is 0. The van der Waals surface area contributed by atoms with Crippen LogP contribution < -0.4 is 19.5 Å². The quantitative estimate of drug-likeness (QED) is 0.481. The Morgan fingerprint density at radius 2 is 1.67 bits per heavy atom. The number of amides is 1. The smallest absolute Gasteiger partial charge is 0.262 e. The van der Waals surface area contributed by atoms with Crippen molar-refractivity contribution in [3.05, 3.63) is 83.9 Å². The fraction of sp³-hybridized carbons (Fsp3) is 0.240. The molecule has 0 aliphatic carbocycles. The molecular formula is C25H27NO4. The summed E-state index contributed by atoms with van der Waals surface area (Å²) in [5.41, 5.74) is 3.06. The summed E-state index contributed by atoms with van der Waals surface area (Å²) in [6.45, 7) is 2.51. The van der Waals surface area contributed by atoms with E-state index in [1.165, 1.54) is 5.56 Å². The summed E-state index contributed by atoms with van der Waals surface area (Å²) in [4.78, 5) is 12.2. The van der Waals surface area contributed by atoms with E-state index in [0.29, 0.717) is 23.8 Å². The highest BCUT2D eigenvalue weighted by Crippen LogP contribution is 2.27. The van der Waals surface area contributed by atoms with Crippen LogP contribution in [0.3, 0.4) is 0 Å². The van der Waals surface area contributed by atoms with Crippen LogP contribution in [0.1, 0.15) is 17.5 Å². The lowest BCUT2D eigenvalue weighted by Gasteiger charge is -2.12. The molecule has 5 heteroatoms. The van der Waals surface area contributed by atoms with Crippen LogP contribution in [0.25, 0.3) is 0 Å². The van der Waals surface area contributed by atoms with Gasteiger partial charge in [0.1, 0.15) is 5.75 Å². The molecule has 30 heavy (non-hydrogen) atoms. The van der Waals surface area contributed by atoms with Gasteiger partial charge in [-0.25, -0.2) is 0 Å². The lowest BCUT2D eigenvalue weighted by Crippen LogP contribution is -2.20. The highest BCUT2D eigenvalue weighted by atomic mass is 16.5. The maximum atomic E-state index is 12.2. The predicted octanol–water partition coefficient (Wildman–Crippen LogP) is 5.03. The Kier molecular flexibility index (Phi) is 7.72. The van der Waals surface area contributed by atoms with Gasteiger partial charge in [0.15, 0.2) is 18.1 Å². The zero-order valence-corrected chi connectivity index (χ0v) is 17.4. The third kappa shape index (κ3) is 6.55. The number of carbonyl (C=O) groups is 1. The molecular weight excluding hydrogens is 378 g/mol. The molecule has 0 unspecified atom stereocenters. The largest absolute Gasteiger partial charge is 0.494 e. The Labute approximate surface area is 177 Å². The molecule has 5 nitrogen and oxygen atoms in total. The second-order valence-corrected chi connectivity index (χ2v) is 6.95. The monoisotopic (exact) mass is 405 g/mol. The van der Waals surface area contributed by atoms with Crippen LogP contribution in [-0.4, -0.2) is 26.2 Å². The first-order valence-corrected chi connectivity index (χ1v) is 9.98. The summed E-state index contributed by atoms with van der Waals surface area (Å²) < 4.78 is 16.6. The van der Waals surface area contributed by atoms with Crippen LogP contribution in [-0.2, 0) is 11.2 Å². The topological polar surface area (TPSA) is 56.8 Å². The minimum Gasteiger partial charge on any atom is -0.494 e. The van der Waals surface area contributed by atoms with E-state index >= 15 is 0 Å². The molecule has 0 saturated carbocycles. The van der Waals surface area contributed by atoms with Crippen LogP contribution in [0.15, 0.2) is 72.8 Å². The van der Waals surface area contributed by atoms with Gasteiger partial charge in [-0.2, -0.15) is 0 Å². The van der Waals surface area contributed by atoms with Crippen molar-refractivity contribution in [2.24, 2.45) is 0 Å². The van der Waals surface area contributed by atoms with Gasteiger partial charge in [0.05, 0.1) is 13.7 Å². The molecule has 156 valence electrons. The van der Waals surface area contributed by atoms with Crippen LogP contribution in [0.2, 0.25) is 0 Å². The fourth-order valence-electron chi connectivity index (χ4n) is 2.98. The van der Waals surface area contributed by atoms with E-state index in [9.17, 15) is 4.79 Å². The number of ether oxygens (including phenoxy) is 3. The number of anilines is 1. The molecule has 0 bridgehead atoms. The number of benzene rings is 3. The van der Waals surface area contributed by atoms with Gasteiger partial charge < -0.3 is 19.5 Å². The van der Waals surface area contributed by atoms with Crippen LogP contribution in [0.5, 0.6) is 17.2 Å². The average molecular weight is 405 g/mol. The molecule has 3 aromatic rings. The van der Waals surface area contributed by atoms with Crippen molar-refractivity contribution >= 4 is 11.6 Å². The van der Waals surface area contributed by atoms with Crippen LogP contribution in [0.4, 0.5) is 5.69 Å². The van der Waals surface area contributed by atoms with Gasteiger partial charge in [-0.1, -0.05) is 36.4 Å². The van der Waals surface area contributed by atoms with Crippen molar-refractivity contribution < 1.29 is 19.0 Å². The molecule has 0 heterocycles. The number of carbonyl (C=O) groups excluding carboxylic acids is 1.